The molecule has 0 amide bonds. The molecule has 5 heteroatoms. The summed E-state index contributed by atoms with van der Waals surface area (Å²) < 4.78 is 32.4. The quantitative estimate of drug-likeness (QED) is 0.533. The molecule has 1 heterocycles. The average molecular weight is 377 g/mol. The van der Waals surface area contributed by atoms with E-state index in [9.17, 15) is 13.6 Å². The normalized spacial score (nSPS) is 10.9. The minimum Gasteiger partial charge on any atom is -0.488 e. The van der Waals surface area contributed by atoms with E-state index in [1.807, 2.05) is 24.3 Å². The first-order valence-electron chi connectivity index (χ1n) is 8.86. The van der Waals surface area contributed by atoms with Crippen molar-refractivity contribution in [3.63, 3.8) is 0 Å². The maximum Gasteiger partial charge on any atom is 0.255 e. The largest absolute Gasteiger partial charge is 0.488 e. The van der Waals surface area contributed by atoms with Crippen LogP contribution >= 0.6 is 0 Å². The van der Waals surface area contributed by atoms with Crippen LogP contribution in [0.2, 0.25) is 0 Å². The highest BCUT2D eigenvalue weighted by Crippen LogP contribution is 2.28. The van der Waals surface area contributed by atoms with Crippen LogP contribution in [0.15, 0.2) is 77.6 Å². The fourth-order valence-electron chi connectivity index (χ4n) is 3.12. The molecule has 0 fully saturated rings. The monoisotopic (exact) mass is 377 g/mol. The number of halogens is 2. The number of aromatic nitrogens is 1. The molecule has 4 rings (SSSR count). The van der Waals surface area contributed by atoms with Gasteiger partial charge in [-0.05, 0) is 47.5 Å². The molecule has 0 aliphatic carbocycles. The Morgan fingerprint density at radius 2 is 1.39 bits per heavy atom. The summed E-state index contributed by atoms with van der Waals surface area (Å²) in [7, 11) is 0. The number of H-pyrrole nitrogens is 1. The van der Waals surface area contributed by atoms with Crippen LogP contribution in [0.5, 0.6) is 5.75 Å². The van der Waals surface area contributed by atoms with Crippen molar-refractivity contribution in [2.75, 3.05) is 0 Å². The molecule has 0 radical (unpaired) electrons. The van der Waals surface area contributed by atoms with E-state index in [-0.39, 0.29) is 23.8 Å². The van der Waals surface area contributed by atoms with Crippen LogP contribution in [0, 0.1) is 11.6 Å². The van der Waals surface area contributed by atoms with E-state index >= 15 is 0 Å². The van der Waals surface area contributed by atoms with E-state index in [1.165, 1.54) is 24.3 Å². The minimum atomic E-state index is -0.330. The van der Waals surface area contributed by atoms with Crippen molar-refractivity contribution in [1.29, 1.82) is 0 Å². The van der Waals surface area contributed by atoms with Gasteiger partial charge in [-0.15, -0.1) is 0 Å². The van der Waals surface area contributed by atoms with E-state index in [0.717, 1.165) is 16.5 Å². The summed E-state index contributed by atoms with van der Waals surface area (Å²) in [6.45, 7) is 0.199. The van der Waals surface area contributed by atoms with Crippen molar-refractivity contribution in [2.24, 2.45) is 0 Å². The summed E-state index contributed by atoms with van der Waals surface area (Å²) in [6, 6.07) is 19.4. The number of ether oxygens (including phenoxy) is 1. The summed E-state index contributed by atoms with van der Waals surface area (Å²) in [4.78, 5) is 15.6. The second kappa shape index (κ2) is 7.64. The van der Waals surface area contributed by atoms with Gasteiger partial charge in [-0.2, -0.15) is 0 Å². The maximum absolute atomic E-state index is 13.2. The van der Waals surface area contributed by atoms with Crippen LogP contribution < -0.4 is 10.3 Å². The summed E-state index contributed by atoms with van der Waals surface area (Å²) in [5.74, 6) is -0.167. The molecule has 3 aromatic carbocycles. The third kappa shape index (κ3) is 3.78. The zero-order valence-corrected chi connectivity index (χ0v) is 14.9. The molecule has 0 aliphatic rings. The number of pyridine rings is 1. The zero-order chi connectivity index (χ0) is 19.5. The van der Waals surface area contributed by atoms with E-state index in [2.05, 4.69) is 4.98 Å². The van der Waals surface area contributed by atoms with E-state index in [4.69, 9.17) is 4.74 Å². The summed E-state index contributed by atoms with van der Waals surface area (Å²) in [5.41, 5.74) is 2.47. The van der Waals surface area contributed by atoms with Gasteiger partial charge in [0, 0.05) is 11.8 Å². The summed E-state index contributed by atoms with van der Waals surface area (Å²) in [6.07, 6.45) is 0.305. The predicted octanol–water partition coefficient (Wildman–Crippen LogP) is 4.98. The molecule has 0 spiro atoms. The fraction of sp³-hybridized carbons (Fsp3) is 0.0870. The standard InChI is InChI=1S/C23H17F2NO2/c24-17-9-5-15(6-10-17)13-20-22(28-14-16-7-11-18(25)12-8-16)19-3-1-2-4-21(19)26-23(20)27/h1-12H,13-14H2,(H,26,27). The molecule has 0 saturated heterocycles. The summed E-state index contributed by atoms with van der Waals surface area (Å²) >= 11 is 0. The van der Waals surface area contributed by atoms with Crippen molar-refractivity contribution in [3.8, 4) is 5.75 Å². The van der Waals surface area contributed by atoms with Crippen LogP contribution in [-0.2, 0) is 13.0 Å². The second-order valence-corrected chi connectivity index (χ2v) is 6.53. The van der Waals surface area contributed by atoms with Gasteiger partial charge in [-0.25, -0.2) is 8.78 Å². The first-order valence-corrected chi connectivity index (χ1v) is 8.86. The molecular formula is C23H17F2NO2. The van der Waals surface area contributed by atoms with Gasteiger partial charge in [0.1, 0.15) is 24.0 Å². The Balaban J connectivity index is 1.75. The molecule has 4 aromatic rings. The van der Waals surface area contributed by atoms with Gasteiger partial charge in [-0.1, -0.05) is 36.4 Å². The molecule has 1 aromatic heterocycles. The number of rotatable bonds is 5. The van der Waals surface area contributed by atoms with Crippen LogP contribution in [0.4, 0.5) is 8.78 Å². The molecular weight excluding hydrogens is 360 g/mol. The molecule has 1 N–H and O–H groups in total. The number of para-hydroxylation sites is 1. The number of fused-ring (bicyclic) bond motifs is 1. The highest BCUT2D eigenvalue weighted by atomic mass is 19.1. The minimum absolute atomic E-state index is 0.199. The van der Waals surface area contributed by atoms with E-state index in [1.54, 1.807) is 24.3 Å². The van der Waals surface area contributed by atoms with Crippen LogP contribution in [-0.4, -0.2) is 4.98 Å². The highest BCUT2D eigenvalue weighted by Gasteiger charge is 2.15. The molecule has 0 bridgehead atoms. The molecule has 0 unspecified atom stereocenters. The Morgan fingerprint density at radius 3 is 2.07 bits per heavy atom. The lowest BCUT2D eigenvalue weighted by Gasteiger charge is -2.14. The van der Waals surface area contributed by atoms with E-state index < -0.39 is 0 Å². The lowest BCUT2D eigenvalue weighted by atomic mass is 10.0. The Bertz CT molecular complexity index is 1170. The van der Waals surface area contributed by atoms with Gasteiger partial charge < -0.3 is 9.72 Å². The predicted molar refractivity (Wildman–Crippen MR) is 105 cm³/mol. The molecule has 0 saturated carbocycles. The second-order valence-electron chi connectivity index (χ2n) is 6.53. The van der Waals surface area contributed by atoms with Crippen molar-refractivity contribution in [3.05, 3.63) is 111 Å². The topological polar surface area (TPSA) is 42.1 Å². The third-order valence-electron chi connectivity index (χ3n) is 4.56. The van der Waals surface area contributed by atoms with Crippen LogP contribution in [0.25, 0.3) is 10.9 Å². The van der Waals surface area contributed by atoms with Gasteiger partial charge >= 0.3 is 0 Å². The number of hydrogen-bond donors (Lipinski definition) is 1. The van der Waals surface area contributed by atoms with E-state index in [0.29, 0.717) is 23.3 Å². The Kier molecular flexibility index (Phi) is 4.89. The first-order chi connectivity index (χ1) is 13.6. The first kappa shape index (κ1) is 17.9. The SMILES string of the molecule is O=c1[nH]c2ccccc2c(OCc2ccc(F)cc2)c1Cc1ccc(F)cc1. The molecule has 140 valence electrons. The smallest absolute Gasteiger partial charge is 0.255 e. The van der Waals surface area contributed by atoms with Crippen molar-refractivity contribution < 1.29 is 13.5 Å². The van der Waals surface area contributed by atoms with Gasteiger partial charge in [0.25, 0.3) is 5.56 Å². The average Bonchev–Trinajstić information content (AvgIpc) is 2.70. The highest BCUT2D eigenvalue weighted by molar-refractivity contribution is 5.86. The number of aromatic amines is 1. The molecule has 28 heavy (non-hydrogen) atoms. The number of nitrogens with one attached hydrogen (secondary N) is 1. The Labute approximate surface area is 160 Å². The third-order valence-corrected chi connectivity index (χ3v) is 4.56. The Morgan fingerprint density at radius 1 is 0.786 bits per heavy atom. The Hall–Kier alpha value is -3.47. The van der Waals surface area contributed by atoms with Crippen molar-refractivity contribution in [1.82, 2.24) is 4.98 Å². The molecule has 3 nitrogen and oxygen atoms in total. The van der Waals surface area contributed by atoms with Gasteiger partial charge in [0.15, 0.2) is 0 Å². The molecule has 0 aliphatic heterocycles. The van der Waals surface area contributed by atoms with Crippen molar-refractivity contribution >= 4 is 10.9 Å². The number of hydrogen-bond acceptors (Lipinski definition) is 2. The molecule has 0 atom stereocenters. The number of benzene rings is 3. The van der Waals surface area contributed by atoms with Crippen LogP contribution in [0.1, 0.15) is 16.7 Å². The zero-order valence-electron chi connectivity index (χ0n) is 14.9. The van der Waals surface area contributed by atoms with Crippen LogP contribution in [0.3, 0.4) is 0 Å². The maximum atomic E-state index is 13.2. The fourth-order valence-corrected chi connectivity index (χ4v) is 3.12. The van der Waals surface area contributed by atoms with Gasteiger partial charge in [-0.3, -0.25) is 4.79 Å². The lowest BCUT2D eigenvalue weighted by molar-refractivity contribution is 0.306. The van der Waals surface area contributed by atoms with Gasteiger partial charge in [0.05, 0.1) is 11.1 Å². The van der Waals surface area contributed by atoms with Gasteiger partial charge in [0.2, 0.25) is 0 Å². The summed E-state index contributed by atoms with van der Waals surface area (Å²) in [5, 5.41) is 0.779. The lowest BCUT2D eigenvalue weighted by Crippen LogP contribution is -2.16. The van der Waals surface area contributed by atoms with Crippen molar-refractivity contribution in [2.45, 2.75) is 13.0 Å².